The molecule has 0 bridgehead atoms. The summed E-state index contributed by atoms with van der Waals surface area (Å²) in [5.41, 5.74) is 0.199. The number of carbonyl (C=O) groups is 1. The number of ether oxygens (including phenoxy) is 1. The summed E-state index contributed by atoms with van der Waals surface area (Å²) in [7, 11) is 1.74. The van der Waals surface area contributed by atoms with Gasteiger partial charge in [-0.2, -0.15) is 0 Å². The number of methoxy groups -OCH3 is 1. The van der Waals surface area contributed by atoms with Crippen LogP contribution >= 0.6 is 0 Å². The second kappa shape index (κ2) is 6.62. The number of halogens is 1. The van der Waals surface area contributed by atoms with Gasteiger partial charge < -0.3 is 4.74 Å². The molecule has 1 saturated heterocycles. The van der Waals surface area contributed by atoms with Crippen LogP contribution in [0.3, 0.4) is 0 Å². The van der Waals surface area contributed by atoms with Gasteiger partial charge in [0.15, 0.2) is 5.78 Å². The number of piperidine rings is 1. The van der Waals surface area contributed by atoms with Gasteiger partial charge in [0.2, 0.25) is 0 Å². The molecule has 2 unspecified atom stereocenters. The number of aromatic nitrogens is 1. The zero-order valence-electron chi connectivity index (χ0n) is 12.9. The van der Waals surface area contributed by atoms with Crippen molar-refractivity contribution in [3.63, 3.8) is 0 Å². The Morgan fingerprint density at radius 1 is 1.57 bits per heavy atom. The third-order valence-electron chi connectivity index (χ3n) is 4.19. The number of rotatable bonds is 5. The summed E-state index contributed by atoms with van der Waals surface area (Å²) in [6, 6.07) is 2.72. The third-order valence-corrected chi connectivity index (χ3v) is 4.19. The Kier molecular flexibility index (Phi) is 5.06. The first kappa shape index (κ1) is 16.0. The lowest BCUT2D eigenvalue weighted by Gasteiger charge is -2.40. The molecule has 0 amide bonds. The Hall–Kier alpha value is -1.33. The Balaban J connectivity index is 1.96. The van der Waals surface area contributed by atoms with E-state index in [-0.39, 0.29) is 17.3 Å². The summed E-state index contributed by atoms with van der Waals surface area (Å²) in [6.07, 6.45) is 3.20. The smallest absolute Gasteiger partial charge is 0.185 e. The number of hydrogen-bond donors (Lipinski definition) is 0. The van der Waals surface area contributed by atoms with E-state index >= 15 is 0 Å². The SMILES string of the molecule is COC1(C)CCCN(CC(C)C(=O)c2ccc(F)cn2)C1. The maximum absolute atomic E-state index is 12.9. The summed E-state index contributed by atoms with van der Waals surface area (Å²) >= 11 is 0. The fraction of sp³-hybridized carbons (Fsp3) is 0.625. The zero-order chi connectivity index (χ0) is 15.5. The van der Waals surface area contributed by atoms with Gasteiger partial charge in [0.1, 0.15) is 11.5 Å². The van der Waals surface area contributed by atoms with E-state index in [1.54, 1.807) is 7.11 Å². The van der Waals surface area contributed by atoms with Crippen molar-refractivity contribution in [1.29, 1.82) is 0 Å². The quantitative estimate of drug-likeness (QED) is 0.783. The molecule has 0 spiro atoms. The lowest BCUT2D eigenvalue weighted by molar-refractivity contribution is -0.0525. The predicted octanol–water partition coefficient (Wildman–Crippen LogP) is 2.54. The van der Waals surface area contributed by atoms with Crippen molar-refractivity contribution in [3.8, 4) is 0 Å². The summed E-state index contributed by atoms with van der Waals surface area (Å²) in [4.78, 5) is 18.5. The van der Waals surface area contributed by atoms with Crippen LogP contribution < -0.4 is 0 Å². The van der Waals surface area contributed by atoms with Gasteiger partial charge in [-0.25, -0.2) is 4.39 Å². The second-order valence-corrected chi connectivity index (χ2v) is 6.12. The van der Waals surface area contributed by atoms with E-state index < -0.39 is 5.82 Å². The van der Waals surface area contributed by atoms with E-state index in [1.165, 1.54) is 12.1 Å². The summed E-state index contributed by atoms with van der Waals surface area (Å²) in [5.74, 6) is -0.632. The highest BCUT2D eigenvalue weighted by Crippen LogP contribution is 2.24. The molecule has 5 heteroatoms. The molecule has 4 nitrogen and oxygen atoms in total. The summed E-state index contributed by atoms with van der Waals surface area (Å²) < 4.78 is 18.4. The molecule has 2 rings (SSSR count). The van der Waals surface area contributed by atoms with Crippen molar-refractivity contribution >= 4 is 5.78 Å². The van der Waals surface area contributed by atoms with Crippen molar-refractivity contribution in [3.05, 3.63) is 29.8 Å². The van der Waals surface area contributed by atoms with Crippen LogP contribution in [0.2, 0.25) is 0 Å². The molecule has 0 radical (unpaired) electrons. The standard InChI is InChI=1S/C16H23FN2O2/c1-12(15(20)14-6-5-13(17)9-18-14)10-19-8-4-7-16(2,11-19)21-3/h5-6,9,12H,4,7-8,10-11H2,1-3H3. The molecule has 0 aromatic carbocycles. The van der Waals surface area contributed by atoms with Crippen LogP contribution in [0, 0.1) is 11.7 Å². The molecule has 2 heterocycles. The van der Waals surface area contributed by atoms with Gasteiger partial charge in [-0.05, 0) is 38.4 Å². The average Bonchev–Trinajstić information content (AvgIpc) is 2.47. The number of Topliss-reactive ketones (excluding diaryl/α,β-unsaturated/α-hetero) is 1. The summed E-state index contributed by atoms with van der Waals surface area (Å²) in [6.45, 7) is 6.49. The number of hydrogen-bond acceptors (Lipinski definition) is 4. The maximum atomic E-state index is 12.9. The number of likely N-dealkylation sites (tertiary alicyclic amines) is 1. The fourth-order valence-electron chi connectivity index (χ4n) is 2.87. The molecule has 1 aliphatic rings. The highest BCUT2D eigenvalue weighted by atomic mass is 19.1. The highest BCUT2D eigenvalue weighted by Gasteiger charge is 2.32. The van der Waals surface area contributed by atoms with Crippen molar-refractivity contribution in [2.45, 2.75) is 32.3 Å². The first-order valence-electron chi connectivity index (χ1n) is 7.37. The minimum atomic E-state index is -0.425. The fourth-order valence-corrected chi connectivity index (χ4v) is 2.87. The van der Waals surface area contributed by atoms with E-state index in [1.807, 2.05) is 6.92 Å². The van der Waals surface area contributed by atoms with Crippen LogP contribution in [-0.4, -0.2) is 48.0 Å². The van der Waals surface area contributed by atoms with Gasteiger partial charge in [0, 0.05) is 26.1 Å². The second-order valence-electron chi connectivity index (χ2n) is 6.12. The first-order chi connectivity index (χ1) is 9.93. The number of nitrogens with zero attached hydrogens (tertiary/aromatic N) is 2. The van der Waals surface area contributed by atoms with Gasteiger partial charge in [0.25, 0.3) is 0 Å². The van der Waals surface area contributed by atoms with Crippen molar-refractivity contribution in [2.75, 3.05) is 26.7 Å². The van der Waals surface area contributed by atoms with Gasteiger partial charge in [-0.1, -0.05) is 6.92 Å². The Bertz CT molecular complexity index is 492. The Labute approximate surface area is 125 Å². The van der Waals surface area contributed by atoms with E-state index in [4.69, 9.17) is 4.74 Å². The number of carbonyl (C=O) groups excluding carboxylic acids is 1. The largest absolute Gasteiger partial charge is 0.377 e. The van der Waals surface area contributed by atoms with E-state index in [9.17, 15) is 9.18 Å². The van der Waals surface area contributed by atoms with Gasteiger partial charge >= 0.3 is 0 Å². The molecular formula is C16H23FN2O2. The first-order valence-corrected chi connectivity index (χ1v) is 7.37. The Morgan fingerprint density at radius 3 is 2.95 bits per heavy atom. The molecule has 116 valence electrons. The third kappa shape index (κ3) is 4.08. The lowest BCUT2D eigenvalue weighted by atomic mass is 9.93. The maximum Gasteiger partial charge on any atom is 0.185 e. The zero-order valence-corrected chi connectivity index (χ0v) is 12.9. The molecule has 2 atom stereocenters. The van der Waals surface area contributed by atoms with E-state index in [2.05, 4.69) is 16.8 Å². The lowest BCUT2D eigenvalue weighted by Crippen LogP contribution is -2.49. The highest BCUT2D eigenvalue weighted by molar-refractivity contribution is 5.95. The van der Waals surface area contributed by atoms with Crippen molar-refractivity contribution in [2.24, 2.45) is 5.92 Å². The Morgan fingerprint density at radius 2 is 2.33 bits per heavy atom. The van der Waals surface area contributed by atoms with Crippen LogP contribution in [0.1, 0.15) is 37.2 Å². The number of pyridine rings is 1. The molecule has 1 fully saturated rings. The van der Waals surface area contributed by atoms with E-state index in [0.717, 1.165) is 32.1 Å². The van der Waals surface area contributed by atoms with Gasteiger partial charge in [-0.3, -0.25) is 14.7 Å². The summed E-state index contributed by atoms with van der Waals surface area (Å²) in [5, 5.41) is 0. The molecule has 1 aromatic heterocycles. The van der Waals surface area contributed by atoms with Crippen LogP contribution in [0.4, 0.5) is 4.39 Å². The van der Waals surface area contributed by atoms with Crippen LogP contribution in [-0.2, 0) is 4.74 Å². The molecule has 0 aliphatic carbocycles. The monoisotopic (exact) mass is 294 g/mol. The van der Waals surface area contributed by atoms with E-state index in [0.29, 0.717) is 12.2 Å². The number of ketones is 1. The van der Waals surface area contributed by atoms with Gasteiger partial charge in [-0.15, -0.1) is 0 Å². The molecule has 0 saturated carbocycles. The predicted molar refractivity (Wildman–Crippen MR) is 78.8 cm³/mol. The average molecular weight is 294 g/mol. The van der Waals surface area contributed by atoms with Gasteiger partial charge in [0.05, 0.1) is 11.8 Å². The van der Waals surface area contributed by atoms with Crippen LogP contribution in [0.5, 0.6) is 0 Å². The molecular weight excluding hydrogens is 271 g/mol. The van der Waals surface area contributed by atoms with Crippen LogP contribution in [0.25, 0.3) is 0 Å². The van der Waals surface area contributed by atoms with Crippen molar-refractivity contribution < 1.29 is 13.9 Å². The minimum Gasteiger partial charge on any atom is -0.377 e. The normalized spacial score (nSPS) is 24.8. The van der Waals surface area contributed by atoms with Crippen molar-refractivity contribution in [1.82, 2.24) is 9.88 Å². The van der Waals surface area contributed by atoms with Crippen LogP contribution in [0.15, 0.2) is 18.3 Å². The molecule has 1 aliphatic heterocycles. The molecule has 1 aromatic rings. The topological polar surface area (TPSA) is 42.4 Å². The molecule has 0 N–H and O–H groups in total. The minimum absolute atomic E-state index is 0.0420. The molecule has 21 heavy (non-hydrogen) atoms.